The van der Waals surface area contributed by atoms with Gasteiger partial charge in [-0.3, -0.25) is 9.59 Å². The van der Waals surface area contributed by atoms with Gasteiger partial charge in [-0.25, -0.2) is 13.4 Å². The van der Waals surface area contributed by atoms with Crippen LogP contribution in [-0.2, 0) is 25.8 Å². The highest BCUT2D eigenvalue weighted by molar-refractivity contribution is 7.91. The van der Waals surface area contributed by atoms with E-state index in [1.807, 2.05) is 0 Å². The Hall–Kier alpha value is -1.48. The number of hydrogen-bond donors (Lipinski definition) is 2. The largest absolute Gasteiger partial charge is 0.481 e. The molecule has 1 aromatic rings. The average Bonchev–Trinajstić information content (AvgIpc) is 2.87. The van der Waals surface area contributed by atoms with Gasteiger partial charge in [-0.2, -0.15) is 0 Å². The van der Waals surface area contributed by atoms with Crippen LogP contribution >= 0.6 is 11.3 Å². The fourth-order valence-corrected chi connectivity index (χ4v) is 6.13. The maximum Gasteiger partial charge on any atom is 0.308 e. The lowest BCUT2D eigenvalue weighted by Gasteiger charge is -2.14. The Morgan fingerprint density at radius 1 is 1.48 bits per heavy atom. The molecular formula is C12H14N2O5S2. The van der Waals surface area contributed by atoms with Gasteiger partial charge in [-0.05, 0) is 18.3 Å². The van der Waals surface area contributed by atoms with Crippen molar-refractivity contribution in [2.24, 2.45) is 11.3 Å². The number of carboxylic acids is 1. The van der Waals surface area contributed by atoms with Crippen molar-refractivity contribution < 1.29 is 23.1 Å². The third-order valence-corrected chi connectivity index (χ3v) is 6.75. The van der Waals surface area contributed by atoms with E-state index in [9.17, 15) is 18.0 Å². The number of thiazole rings is 1. The van der Waals surface area contributed by atoms with Crippen molar-refractivity contribution in [3.8, 4) is 0 Å². The fourth-order valence-electron chi connectivity index (χ4n) is 2.82. The predicted molar refractivity (Wildman–Crippen MR) is 75.9 cm³/mol. The van der Waals surface area contributed by atoms with Gasteiger partial charge < -0.3 is 10.4 Å². The van der Waals surface area contributed by atoms with E-state index in [4.69, 9.17) is 5.11 Å². The fraction of sp³-hybridized carbons (Fsp3) is 0.583. The van der Waals surface area contributed by atoms with E-state index in [0.717, 1.165) is 24.2 Å². The number of carboxylic acid groups (broad SMARTS) is 1. The summed E-state index contributed by atoms with van der Waals surface area (Å²) in [5.74, 6) is -1.82. The summed E-state index contributed by atoms with van der Waals surface area (Å²) in [6, 6.07) is 0. The number of aliphatic carboxylic acids is 1. The summed E-state index contributed by atoms with van der Waals surface area (Å²) in [4.78, 5) is 27.4. The third-order valence-electron chi connectivity index (χ3n) is 3.99. The molecule has 1 aliphatic heterocycles. The Labute approximate surface area is 125 Å². The number of amides is 1. The number of anilines is 1. The molecule has 2 heterocycles. The molecule has 1 aliphatic carbocycles. The number of rotatable bonds is 4. The quantitative estimate of drug-likeness (QED) is 0.832. The molecule has 0 aromatic carbocycles. The van der Waals surface area contributed by atoms with Crippen molar-refractivity contribution in [2.75, 3.05) is 16.8 Å². The minimum atomic E-state index is -3.14. The van der Waals surface area contributed by atoms with E-state index in [-0.39, 0.29) is 29.2 Å². The van der Waals surface area contributed by atoms with E-state index in [0.29, 0.717) is 10.0 Å². The summed E-state index contributed by atoms with van der Waals surface area (Å²) in [6.07, 6.45) is 2.81. The van der Waals surface area contributed by atoms with Crippen LogP contribution in [0.15, 0.2) is 6.20 Å². The average molecular weight is 330 g/mol. The van der Waals surface area contributed by atoms with Gasteiger partial charge in [0.15, 0.2) is 15.0 Å². The minimum Gasteiger partial charge on any atom is -0.481 e. The van der Waals surface area contributed by atoms with Crippen LogP contribution in [0.1, 0.15) is 17.7 Å². The van der Waals surface area contributed by atoms with Crippen molar-refractivity contribution >= 4 is 38.2 Å². The minimum absolute atomic E-state index is 0.0974. The molecular weight excluding hydrogens is 316 g/mol. The van der Waals surface area contributed by atoms with E-state index >= 15 is 0 Å². The molecule has 114 valence electrons. The van der Waals surface area contributed by atoms with E-state index in [2.05, 4.69) is 10.3 Å². The van der Waals surface area contributed by atoms with Gasteiger partial charge in [-0.1, -0.05) is 0 Å². The molecule has 1 saturated carbocycles. The van der Waals surface area contributed by atoms with E-state index in [1.54, 1.807) is 0 Å². The van der Waals surface area contributed by atoms with Gasteiger partial charge in [0.2, 0.25) is 5.91 Å². The molecule has 7 nitrogen and oxygen atoms in total. The highest BCUT2D eigenvalue weighted by Crippen LogP contribution is 2.57. The first-order valence-corrected chi connectivity index (χ1v) is 9.11. The second-order valence-electron chi connectivity index (χ2n) is 5.66. The number of nitrogens with one attached hydrogen (secondary N) is 1. The van der Waals surface area contributed by atoms with Gasteiger partial charge in [0.25, 0.3) is 0 Å². The third kappa shape index (κ3) is 2.93. The lowest BCUT2D eigenvalue weighted by Crippen LogP contribution is -2.29. The molecule has 21 heavy (non-hydrogen) atoms. The summed E-state index contributed by atoms with van der Waals surface area (Å²) in [5.41, 5.74) is -0.371. The lowest BCUT2D eigenvalue weighted by atomic mass is 9.92. The molecule has 1 amide bonds. The molecule has 9 heteroatoms. The first kappa shape index (κ1) is 14.5. The molecule has 1 spiro atoms. The summed E-state index contributed by atoms with van der Waals surface area (Å²) in [6.45, 7) is 0. The first-order chi connectivity index (χ1) is 9.80. The van der Waals surface area contributed by atoms with Gasteiger partial charge in [0.1, 0.15) is 0 Å². The maximum atomic E-state index is 12.3. The molecule has 2 fully saturated rings. The zero-order chi connectivity index (χ0) is 15.3. The van der Waals surface area contributed by atoms with Crippen LogP contribution in [-0.4, -0.2) is 41.9 Å². The second-order valence-corrected chi connectivity index (χ2v) is 8.89. The molecule has 0 radical (unpaired) electrons. The topological polar surface area (TPSA) is 113 Å². The van der Waals surface area contributed by atoms with Gasteiger partial charge in [0.05, 0.1) is 23.8 Å². The Bertz CT molecular complexity index is 705. The van der Waals surface area contributed by atoms with Crippen molar-refractivity contribution in [3.63, 3.8) is 0 Å². The molecule has 1 atom stereocenters. The van der Waals surface area contributed by atoms with E-state index < -0.39 is 21.7 Å². The normalized spacial score (nSPS) is 24.9. The van der Waals surface area contributed by atoms with Crippen molar-refractivity contribution in [1.82, 2.24) is 4.98 Å². The van der Waals surface area contributed by atoms with Crippen molar-refractivity contribution in [2.45, 2.75) is 19.3 Å². The Balaban J connectivity index is 1.69. The maximum absolute atomic E-state index is 12.3. The highest BCUT2D eigenvalue weighted by Gasteiger charge is 2.60. The molecule has 2 N–H and O–H groups in total. The summed E-state index contributed by atoms with van der Waals surface area (Å²) in [5, 5.41) is 11.6. The zero-order valence-corrected chi connectivity index (χ0v) is 12.7. The van der Waals surface area contributed by atoms with Crippen LogP contribution in [0.3, 0.4) is 0 Å². The summed E-state index contributed by atoms with van der Waals surface area (Å²) >= 11 is 1.10. The van der Waals surface area contributed by atoms with Crippen LogP contribution in [0.2, 0.25) is 0 Å². The lowest BCUT2D eigenvalue weighted by molar-refractivity contribution is -0.136. The SMILES string of the molecule is O=C(O)Cc1cnc(NC(=O)C2CS(=O)(=O)CC23CC3)s1. The van der Waals surface area contributed by atoms with Gasteiger partial charge >= 0.3 is 5.97 Å². The van der Waals surface area contributed by atoms with Crippen molar-refractivity contribution in [3.05, 3.63) is 11.1 Å². The Kier molecular flexibility index (Phi) is 3.28. The molecule has 1 aromatic heterocycles. The molecule has 3 rings (SSSR count). The predicted octanol–water partition coefficient (Wildman–Crippen LogP) is 0.533. The number of carbonyl (C=O) groups is 2. The molecule has 0 bridgehead atoms. The molecule has 1 saturated heterocycles. The van der Waals surface area contributed by atoms with Crippen LogP contribution in [0, 0.1) is 11.3 Å². The second kappa shape index (κ2) is 4.77. The summed E-state index contributed by atoms with van der Waals surface area (Å²) < 4.78 is 23.4. The smallest absolute Gasteiger partial charge is 0.308 e. The van der Waals surface area contributed by atoms with Gasteiger partial charge in [0, 0.05) is 11.1 Å². The van der Waals surface area contributed by atoms with Crippen LogP contribution < -0.4 is 5.32 Å². The first-order valence-electron chi connectivity index (χ1n) is 6.47. The van der Waals surface area contributed by atoms with Crippen LogP contribution in [0.5, 0.6) is 0 Å². The van der Waals surface area contributed by atoms with Crippen LogP contribution in [0.25, 0.3) is 0 Å². The standard InChI is InChI=1S/C12H14N2O5S2/c15-9(16)3-7-4-13-11(20-7)14-10(17)8-5-21(18,19)6-12(8)1-2-12/h4,8H,1-3,5-6H2,(H,15,16)(H,13,14,17). The highest BCUT2D eigenvalue weighted by atomic mass is 32.2. The molecule has 1 unspecified atom stereocenters. The van der Waals surface area contributed by atoms with Crippen LogP contribution in [0.4, 0.5) is 5.13 Å². The van der Waals surface area contributed by atoms with E-state index in [1.165, 1.54) is 6.20 Å². The van der Waals surface area contributed by atoms with Crippen molar-refractivity contribution in [1.29, 1.82) is 0 Å². The zero-order valence-electron chi connectivity index (χ0n) is 11.0. The Morgan fingerprint density at radius 3 is 2.81 bits per heavy atom. The number of carbonyl (C=O) groups excluding carboxylic acids is 1. The number of sulfone groups is 1. The summed E-state index contributed by atoms with van der Waals surface area (Å²) in [7, 11) is -3.14. The number of hydrogen-bond acceptors (Lipinski definition) is 6. The Morgan fingerprint density at radius 2 is 2.19 bits per heavy atom. The number of nitrogens with zero attached hydrogens (tertiary/aromatic N) is 1. The monoisotopic (exact) mass is 330 g/mol. The number of aromatic nitrogens is 1. The van der Waals surface area contributed by atoms with Gasteiger partial charge in [-0.15, -0.1) is 11.3 Å². The molecule has 2 aliphatic rings.